The van der Waals surface area contributed by atoms with Gasteiger partial charge in [-0.05, 0) is 45.2 Å². The van der Waals surface area contributed by atoms with Crippen LogP contribution in [0.25, 0.3) is 0 Å². The Bertz CT molecular complexity index is 414. The number of nitrogens with one attached hydrogen (secondary N) is 1. The molecule has 1 unspecified atom stereocenters. The second-order valence-corrected chi connectivity index (χ2v) is 5.44. The molecule has 0 amide bonds. The molecule has 1 saturated heterocycles. The molecule has 1 aromatic rings. The minimum atomic E-state index is 0.623. The van der Waals surface area contributed by atoms with Crippen LogP contribution in [0.1, 0.15) is 32.6 Å². The van der Waals surface area contributed by atoms with E-state index in [-0.39, 0.29) is 0 Å². The molecular weight excluding hydrogens is 238 g/mol. The second-order valence-electron chi connectivity index (χ2n) is 5.44. The van der Waals surface area contributed by atoms with Crippen LogP contribution in [0, 0.1) is 0 Å². The molecule has 2 heterocycles. The topological polar surface area (TPSA) is 37.4 Å². The van der Waals surface area contributed by atoms with Crippen LogP contribution in [-0.4, -0.2) is 36.8 Å². The molecule has 4 nitrogen and oxygen atoms in total. The fourth-order valence-corrected chi connectivity index (χ4v) is 2.76. The van der Waals surface area contributed by atoms with Crippen molar-refractivity contribution in [2.24, 2.45) is 0 Å². The fourth-order valence-electron chi connectivity index (χ4n) is 2.76. The van der Waals surface area contributed by atoms with E-state index in [2.05, 4.69) is 21.3 Å². The van der Waals surface area contributed by atoms with Crippen molar-refractivity contribution in [2.45, 2.75) is 44.7 Å². The Morgan fingerprint density at radius 2 is 2.26 bits per heavy atom. The molecule has 1 saturated carbocycles. The van der Waals surface area contributed by atoms with Gasteiger partial charge in [0.1, 0.15) is 5.82 Å². The van der Waals surface area contributed by atoms with Crippen molar-refractivity contribution in [3.63, 3.8) is 0 Å². The normalized spacial score (nSPS) is 22.5. The average molecular weight is 261 g/mol. The highest BCUT2D eigenvalue weighted by Crippen LogP contribution is 2.32. The number of hydrogen-bond donors (Lipinski definition) is 1. The Morgan fingerprint density at radius 3 is 2.95 bits per heavy atom. The monoisotopic (exact) mass is 261 g/mol. The SMILES string of the molecule is CCOc1cccc(N(CC2CCCN2)C2CC2)n1. The lowest BCUT2D eigenvalue weighted by molar-refractivity contribution is 0.327. The van der Waals surface area contributed by atoms with Crippen LogP contribution in [0.2, 0.25) is 0 Å². The maximum atomic E-state index is 5.51. The maximum Gasteiger partial charge on any atom is 0.215 e. The molecule has 0 spiro atoms. The molecule has 0 aromatic carbocycles. The number of hydrogen-bond acceptors (Lipinski definition) is 4. The highest BCUT2D eigenvalue weighted by Gasteiger charge is 2.32. The predicted octanol–water partition coefficient (Wildman–Crippen LogP) is 2.20. The number of nitrogens with zero attached hydrogens (tertiary/aromatic N) is 2. The van der Waals surface area contributed by atoms with Gasteiger partial charge in [0.2, 0.25) is 5.88 Å². The summed E-state index contributed by atoms with van der Waals surface area (Å²) in [5.74, 6) is 1.81. The lowest BCUT2D eigenvalue weighted by atomic mass is 10.2. The molecule has 2 aliphatic rings. The Morgan fingerprint density at radius 1 is 1.37 bits per heavy atom. The molecule has 104 valence electrons. The number of anilines is 1. The van der Waals surface area contributed by atoms with Crippen LogP contribution in [0.4, 0.5) is 5.82 Å². The molecule has 2 fully saturated rings. The molecule has 1 aromatic heterocycles. The molecular formula is C15H23N3O. The molecule has 19 heavy (non-hydrogen) atoms. The maximum absolute atomic E-state index is 5.51. The molecule has 3 rings (SSSR count). The van der Waals surface area contributed by atoms with E-state index < -0.39 is 0 Å². The first-order valence-electron chi connectivity index (χ1n) is 7.46. The van der Waals surface area contributed by atoms with Gasteiger partial charge in [0.15, 0.2) is 0 Å². The molecule has 0 bridgehead atoms. The quantitative estimate of drug-likeness (QED) is 0.852. The zero-order chi connectivity index (χ0) is 13.1. The van der Waals surface area contributed by atoms with E-state index in [1.54, 1.807) is 0 Å². The summed E-state index contributed by atoms with van der Waals surface area (Å²) in [6.45, 7) is 4.91. The van der Waals surface area contributed by atoms with Gasteiger partial charge in [-0.2, -0.15) is 4.98 Å². The Labute approximate surface area is 115 Å². The lowest BCUT2D eigenvalue weighted by Gasteiger charge is -2.27. The minimum Gasteiger partial charge on any atom is -0.478 e. The summed E-state index contributed by atoms with van der Waals surface area (Å²) in [7, 11) is 0. The zero-order valence-corrected chi connectivity index (χ0v) is 11.6. The van der Waals surface area contributed by atoms with Crippen molar-refractivity contribution >= 4 is 5.82 Å². The van der Waals surface area contributed by atoms with Crippen LogP contribution in [-0.2, 0) is 0 Å². The van der Waals surface area contributed by atoms with Gasteiger partial charge in [-0.1, -0.05) is 6.07 Å². The molecule has 1 aliphatic heterocycles. The van der Waals surface area contributed by atoms with Crippen LogP contribution in [0.3, 0.4) is 0 Å². The van der Waals surface area contributed by atoms with Crippen LogP contribution >= 0.6 is 0 Å². The fraction of sp³-hybridized carbons (Fsp3) is 0.667. The molecule has 4 heteroatoms. The summed E-state index contributed by atoms with van der Waals surface area (Å²) in [6, 6.07) is 7.40. The van der Waals surface area contributed by atoms with Crippen LogP contribution in [0.5, 0.6) is 5.88 Å². The van der Waals surface area contributed by atoms with E-state index in [0.717, 1.165) is 24.8 Å². The molecule has 1 atom stereocenters. The van der Waals surface area contributed by atoms with Gasteiger partial charge in [0, 0.05) is 24.7 Å². The second kappa shape index (κ2) is 5.78. The third-order valence-corrected chi connectivity index (χ3v) is 3.86. The standard InChI is InChI=1S/C15H23N3O/c1-2-19-15-7-3-6-14(17-15)18(13-8-9-13)11-12-5-4-10-16-12/h3,6-7,12-13,16H,2,4-5,8-11H2,1H3. The van der Waals surface area contributed by atoms with Crippen molar-refractivity contribution in [3.8, 4) is 5.88 Å². The summed E-state index contributed by atoms with van der Waals surface area (Å²) in [4.78, 5) is 7.11. The summed E-state index contributed by atoms with van der Waals surface area (Å²) < 4.78 is 5.51. The van der Waals surface area contributed by atoms with Crippen molar-refractivity contribution in [1.29, 1.82) is 0 Å². The van der Waals surface area contributed by atoms with Crippen LogP contribution in [0.15, 0.2) is 18.2 Å². The van der Waals surface area contributed by atoms with Crippen LogP contribution < -0.4 is 15.0 Å². The summed E-state index contributed by atoms with van der Waals surface area (Å²) >= 11 is 0. The predicted molar refractivity (Wildman–Crippen MR) is 76.8 cm³/mol. The summed E-state index contributed by atoms with van der Waals surface area (Å²) in [5.41, 5.74) is 0. The van der Waals surface area contributed by atoms with Crippen molar-refractivity contribution in [1.82, 2.24) is 10.3 Å². The third kappa shape index (κ3) is 3.18. The Hall–Kier alpha value is -1.29. The van der Waals surface area contributed by atoms with Gasteiger partial charge in [-0.15, -0.1) is 0 Å². The van der Waals surface area contributed by atoms with E-state index in [1.165, 1.54) is 25.7 Å². The number of rotatable bonds is 6. The zero-order valence-electron chi connectivity index (χ0n) is 11.6. The van der Waals surface area contributed by atoms with E-state index in [9.17, 15) is 0 Å². The number of aromatic nitrogens is 1. The number of ether oxygens (including phenoxy) is 1. The van der Waals surface area contributed by atoms with E-state index >= 15 is 0 Å². The van der Waals surface area contributed by atoms with Gasteiger partial charge >= 0.3 is 0 Å². The van der Waals surface area contributed by atoms with Crippen molar-refractivity contribution in [3.05, 3.63) is 18.2 Å². The van der Waals surface area contributed by atoms with Crippen molar-refractivity contribution < 1.29 is 4.74 Å². The first-order valence-corrected chi connectivity index (χ1v) is 7.46. The molecule has 1 aliphatic carbocycles. The lowest BCUT2D eigenvalue weighted by Crippen LogP contribution is -2.39. The first-order chi connectivity index (χ1) is 9.36. The van der Waals surface area contributed by atoms with Gasteiger partial charge in [0.05, 0.1) is 6.61 Å². The summed E-state index contributed by atoms with van der Waals surface area (Å²) in [5, 5.41) is 3.58. The smallest absolute Gasteiger partial charge is 0.215 e. The van der Waals surface area contributed by atoms with Crippen molar-refractivity contribution in [2.75, 3.05) is 24.6 Å². The summed E-state index contributed by atoms with van der Waals surface area (Å²) in [6.07, 6.45) is 5.19. The molecule has 1 N–H and O–H groups in total. The average Bonchev–Trinajstić information content (AvgIpc) is 3.14. The van der Waals surface area contributed by atoms with E-state index in [4.69, 9.17) is 4.74 Å². The molecule has 0 radical (unpaired) electrons. The van der Waals surface area contributed by atoms with Gasteiger partial charge in [-0.3, -0.25) is 0 Å². The van der Waals surface area contributed by atoms with Gasteiger partial charge in [-0.25, -0.2) is 0 Å². The van der Waals surface area contributed by atoms with E-state index in [1.807, 2.05) is 19.1 Å². The largest absolute Gasteiger partial charge is 0.478 e. The number of pyridine rings is 1. The minimum absolute atomic E-state index is 0.623. The van der Waals surface area contributed by atoms with Gasteiger partial charge in [0.25, 0.3) is 0 Å². The highest BCUT2D eigenvalue weighted by molar-refractivity contribution is 5.43. The van der Waals surface area contributed by atoms with E-state index in [0.29, 0.717) is 18.7 Å². The highest BCUT2D eigenvalue weighted by atomic mass is 16.5. The van der Waals surface area contributed by atoms with Gasteiger partial charge < -0.3 is 15.0 Å². The third-order valence-electron chi connectivity index (χ3n) is 3.86. The first kappa shape index (κ1) is 12.7. The Balaban J connectivity index is 1.73. The Kier molecular flexibility index (Phi) is 3.87.